The highest BCUT2D eigenvalue weighted by molar-refractivity contribution is 7.99. The molecule has 1 fully saturated rings. The Bertz CT molecular complexity index is 293. The summed E-state index contributed by atoms with van der Waals surface area (Å²) < 4.78 is 5.46. The maximum atomic E-state index is 5.46. The lowest BCUT2D eigenvalue weighted by molar-refractivity contribution is 0.358. The highest BCUT2D eigenvalue weighted by Crippen LogP contribution is 2.37. The van der Waals surface area contributed by atoms with E-state index in [0.29, 0.717) is 12.4 Å². The Morgan fingerprint density at radius 1 is 1.62 bits per heavy atom. The second-order valence-corrected chi connectivity index (χ2v) is 4.67. The van der Waals surface area contributed by atoms with E-state index in [9.17, 15) is 0 Å². The third-order valence-corrected chi connectivity index (χ3v) is 3.71. The molecule has 1 unspecified atom stereocenters. The molecular formula is C8H13N3OS. The van der Waals surface area contributed by atoms with Gasteiger partial charge in [0.1, 0.15) is 0 Å². The molecular weight excluding hydrogens is 186 g/mol. The smallest absolute Gasteiger partial charge is 0.230 e. The zero-order chi connectivity index (χ0) is 9.31. The molecule has 1 aliphatic heterocycles. The molecule has 2 rings (SSSR count). The Hall–Kier alpha value is -0.550. The van der Waals surface area contributed by atoms with Gasteiger partial charge in [0.05, 0.1) is 12.0 Å². The SMILES string of the molecule is CC1(c2nnc(CN)o2)CCSC1. The van der Waals surface area contributed by atoms with Crippen LogP contribution in [0, 0.1) is 0 Å². The van der Waals surface area contributed by atoms with Crippen LogP contribution in [0.15, 0.2) is 4.42 Å². The van der Waals surface area contributed by atoms with Gasteiger partial charge < -0.3 is 10.2 Å². The highest BCUT2D eigenvalue weighted by atomic mass is 32.2. The number of thioether (sulfide) groups is 1. The van der Waals surface area contributed by atoms with Gasteiger partial charge in [0, 0.05) is 5.75 Å². The van der Waals surface area contributed by atoms with Crippen LogP contribution >= 0.6 is 11.8 Å². The minimum atomic E-state index is 0.0745. The molecule has 0 aliphatic carbocycles. The van der Waals surface area contributed by atoms with E-state index in [2.05, 4.69) is 17.1 Å². The predicted molar refractivity (Wildman–Crippen MR) is 51.5 cm³/mol. The molecule has 0 aromatic carbocycles. The van der Waals surface area contributed by atoms with Gasteiger partial charge in [-0.3, -0.25) is 0 Å². The Labute approximate surface area is 81.3 Å². The average Bonchev–Trinajstić information content (AvgIpc) is 2.72. The second kappa shape index (κ2) is 3.31. The number of nitrogens with zero attached hydrogens (tertiary/aromatic N) is 2. The Morgan fingerprint density at radius 2 is 2.46 bits per heavy atom. The first-order valence-corrected chi connectivity index (χ1v) is 5.51. The van der Waals surface area contributed by atoms with Crippen molar-refractivity contribution in [1.82, 2.24) is 10.2 Å². The van der Waals surface area contributed by atoms with Crippen molar-refractivity contribution in [2.45, 2.75) is 25.3 Å². The van der Waals surface area contributed by atoms with Crippen molar-refractivity contribution in [3.05, 3.63) is 11.8 Å². The van der Waals surface area contributed by atoms with E-state index in [1.54, 1.807) is 0 Å². The number of aromatic nitrogens is 2. The first-order valence-electron chi connectivity index (χ1n) is 4.35. The maximum Gasteiger partial charge on any atom is 0.230 e. The number of hydrogen-bond donors (Lipinski definition) is 1. The van der Waals surface area contributed by atoms with Crippen molar-refractivity contribution < 1.29 is 4.42 Å². The molecule has 1 aromatic heterocycles. The van der Waals surface area contributed by atoms with Gasteiger partial charge in [0.2, 0.25) is 11.8 Å². The quantitative estimate of drug-likeness (QED) is 0.767. The van der Waals surface area contributed by atoms with Gasteiger partial charge in [-0.2, -0.15) is 11.8 Å². The molecule has 72 valence electrons. The summed E-state index contributed by atoms with van der Waals surface area (Å²) in [5.41, 5.74) is 5.48. The highest BCUT2D eigenvalue weighted by Gasteiger charge is 2.36. The van der Waals surface area contributed by atoms with Crippen molar-refractivity contribution in [1.29, 1.82) is 0 Å². The van der Waals surface area contributed by atoms with E-state index in [-0.39, 0.29) is 5.41 Å². The first kappa shape index (κ1) is 9.02. The molecule has 0 spiro atoms. The first-order chi connectivity index (χ1) is 6.24. The zero-order valence-corrected chi connectivity index (χ0v) is 8.43. The van der Waals surface area contributed by atoms with E-state index >= 15 is 0 Å². The molecule has 1 atom stereocenters. The largest absolute Gasteiger partial charge is 0.423 e. The Balaban J connectivity index is 2.23. The van der Waals surface area contributed by atoms with Crippen LogP contribution in [0.2, 0.25) is 0 Å². The average molecular weight is 199 g/mol. The van der Waals surface area contributed by atoms with Crippen molar-refractivity contribution in [2.24, 2.45) is 5.73 Å². The molecule has 0 bridgehead atoms. The van der Waals surface area contributed by atoms with Gasteiger partial charge >= 0.3 is 0 Å². The fraction of sp³-hybridized carbons (Fsp3) is 0.750. The van der Waals surface area contributed by atoms with Gasteiger partial charge in [-0.15, -0.1) is 10.2 Å². The van der Waals surface area contributed by atoms with Gasteiger partial charge in [-0.05, 0) is 19.1 Å². The fourth-order valence-electron chi connectivity index (χ4n) is 1.42. The van der Waals surface area contributed by atoms with Crippen LogP contribution in [0.1, 0.15) is 25.1 Å². The van der Waals surface area contributed by atoms with E-state index in [4.69, 9.17) is 10.2 Å². The standard InChI is InChI=1S/C8H13N3OS/c1-8(2-3-13-5-8)7-11-10-6(4-9)12-7/h2-5,9H2,1H3. The van der Waals surface area contributed by atoms with E-state index in [1.165, 1.54) is 5.75 Å². The molecule has 2 N–H and O–H groups in total. The monoisotopic (exact) mass is 199 g/mol. The summed E-state index contributed by atoms with van der Waals surface area (Å²) in [6.07, 6.45) is 1.11. The normalized spacial score (nSPS) is 28.2. The molecule has 1 aliphatic rings. The lowest BCUT2D eigenvalue weighted by atomic mass is 9.90. The summed E-state index contributed by atoms with van der Waals surface area (Å²) in [6, 6.07) is 0. The van der Waals surface area contributed by atoms with Crippen LogP contribution in [0.5, 0.6) is 0 Å². The van der Waals surface area contributed by atoms with Crippen LogP contribution in [-0.4, -0.2) is 21.7 Å². The molecule has 13 heavy (non-hydrogen) atoms. The number of hydrogen-bond acceptors (Lipinski definition) is 5. The predicted octanol–water partition coefficient (Wildman–Crippen LogP) is 0.923. The second-order valence-electron chi connectivity index (χ2n) is 3.57. The number of rotatable bonds is 2. The third kappa shape index (κ3) is 1.58. The van der Waals surface area contributed by atoms with Gasteiger partial charge in [0.15, 0.2) is 0 Å². The molecule has 1 aromatic rings. The van der Waals surface area contributed by atoms with E-state index in [1.807, 2.05) is 11.8 Å². The van der Waals surface area contributed by atoms with Gasteiger partial charge in [-0.1, -0.05) is 0 Å². The molecule has 2 heterocycles. The minimum absolute atomic E-state index is 0.0745. The summed E-state index contributed by atoms with van der Waals surface area (Å²) in [5, 5.41) is 7.90. The Morgan fingerprint density at radius 3 is 3.00 bits per heavy atom. The van der Waals surface area contributed by atoms with Crippen LogP contribution in [0.3, 0.4) is 0 Å². The third-order valence-electron chi connectivity index (χ3n) is 2.38. The molecule has 4 nitrogen and oxygen atoms in total. The molecule has 5 heteroatoms. The van der Waals surface area contributed by atoms with Gasteiger partial charge in [0.25, 0.3) is 0 Å². The van der Waals surface area contributed by atoms with E-state index in [0.717, 1.165) is 18.1 Å². The summed E-state index contributed by atoms with van der Waals surface area (Å²) in [4.78, 5) is 0. The topological polar surface area (TPSA) is 64.9 Å². The summed E-state index contributed by atoms with van der Waals surface area (Å²) in [7, 11) is 0. The minimum Gasteiger partial charge on any atom is -0.423 e. The molecule has 0 amide bonds. The summed E-state index contributed by atoms with van der Waals surface area (Å²) >= 11 is 1.93. The van der Waals surface area contributed by atoms with E-state index < -0.39 is 0 Å². The number of nitrogens with two attached hydrogens (primary N) is 1. The van der Waals surface area contributed by atoms with Crippen molar-refractivity contribution in [2.75, 3.05) is 11.5 Å². The van der Waals surface area contributed by atoms with Crippen LogP contribution in [0.4, 0.5) is 0 Å². The van der Waals surface area contributed by atoms with Crippen molar-refractivity contribution in [3.63, 3.8) is 0 Å². The summed E-state index contributed by atoms with van der Waals surface area (Å²) in [6.45, 7) is 2.50. The van der Waals surface area contributed by atoms with Gasteiger partial charge in [-0.25, -0.2) is 0 Å². The molecule has 0 radical (unpaired) electrons. The maximum absolute atomic E-state index is 5.46. The lowest BCUT2D eigenvalue weighted by Crippen LogP contribution is -2.21. The zero-order valence-electron chi connectivity index (χ0n) is 7.62. The summed E-state index contributed by atoms with van der Waals surface area (Å²) in [5.74, 6) is 3.53. The van der Waals surface area contributed by atoms with Crippen LogP contribution in [0.25, 0.3) is 0 Å². The van der Waals surface area contributed by atoms with Crippen LogP contribution in [-0.2, 0) is 12.0 Å². The van der Waals surface area contributed by atoms with Crippen molar-refractivity contribution in [3.8, 4) is 0 Å². The van der Waals surface area contributed by atoms with Crippen molar-refractivity contribution >= 4 is 11.8 Å². The molecule has 1 saturated heterocycles. The molecule has 0 saturated carbocycles. The van der Waals surface area contributed by atoms with Crippen LogP contribution < -0.4 is 5.73 Å². The Kier molecular flexibility index (Phi) is 2.29. The fourth-order valence-corrected chi connectivity index (χ4v) is 2.87. The lowest BCUT2D eigenvalue weighted by Gasteiger charge is -2.16.